The van der Waals surface area contributed by atoms with E-state index in [0.29, 0.717) is 17.5 Å². The molecule has 0 aliphatic heterocycles. The Bertz CT molecular complexity index is 968. The van der Waals surface area contributed by atoms with Crippen LogP contribution in [0.1, 0.15) is 12.0 Å². The Labute approximate surface area is 143 Å². The molecule has 3 aromatic rings. The van der Waals surface area contributed by atoms with Crippen molar-refractivity contribution in [1.82, 2.24) is 4.98 Å². The van der Waals surface area contributed by atoms with Gasteiger partial charge in [0.05, 0.1) is 12.5 Å². The molecule has 0 aliphatic rings. The number of aromatic amines is 1. The fourth-order valence-corrected chi connectivity index (χ4v) is 2.75. The zero-order valence-corrected chi connectivity index (χ0v) is 13.6. The van der Waals surface area contributed by atoms with Gasteiger partial charge in [-0.1, -0.05) is 36.4 Å². The molecule has 2 aromatic carbocycles. The quantitative estimate of drug-likeness (QED) is 0.662. The van der Waals surface area contributed by atoms with Crippen LogP contribution in [0.5, 0.6) is 0 Å². The molecule has 5 N–H and O–H groups in total. The van der Waals surface area contributed by atoms with E-state index in [4.69, 9.17) is 0 Å². The molecule has 0 saturated carbocycles. The maximum Gasteiger partial charge on any atom is 0.272 e. The van der Waals surface area contributed by atoms with E-state index < -0.39 is 0 Å². The van der Waals surface area contributed by atoms with Gasteiger partial charge in [0.15, 0.2) is 0 Å². The van der Waals surface area contributed by atoms with Crippen LogP contribution < -0.4 is 16.6 Å². The Hall–Kier alpha value is -2.99. The van der Waals surface area contributed by atoms with E-state index in [9.17, 15) is 14.0 Å². The molecular formula is C19H19FN3O2+. The first-order valence-corrected chi connectivity index (χ1v) is 8.01. The Morgan fingerprint density at radius 2 is 1.88 bits per heavy atom. The summed E-state index contributed by atoms with van der Waals surface area (Å²) < 4.78 is 13.7. The third kappa shape index (κ3) is 4.10. The van der Waals surface area contributed by atoms with Gasteiger partial charge in [0.2, 0.25) is 5.91 Å². The topological polar surface area (TPSA) is 89.6 Å². The molecule has 128 valence electrons. The van der Waals surface area contributed by atoms with Crippen LogP contribution in [0, 0.1) is 5.82 Å². The molecular weight excluding hydrogens is 321 g/mol. The third-order valence-electron chi connectivity index (χ3n) is 3.97. The summed E-state index contributed by atoms with van der Waals surface area (Å²) in [5.41, 5.74) is 4.99. The molecule has 25 heavy (non-hydrogen) atoms. The SMILES string of the molecule is [NH3+][C@@H](CC(=O)Nc1cc2ccccc2[nH]c1=O)Cc1ccccc1F. The van der Waals surface area contributed by atoms with Gasteiger partial charge in [-0.2, -0.15) is 0 Å². The van der Waals surface area contributed by atoms with Crippen molar-refractivity contribution < 1.29 is 14.9 Å². The molecule has 0 radical (unpaired) electrons. The highest BCUT2D eigenvalue weighted by atomic mass is 19.1. The number of H-pyrrole nitrogens is 1. The second kappa shape index (κ2) is 7.27. The van der Waals surface area contributed by atoms with Crippen molar-refractivity contribution in [2.24, 2.45) is 0 Å². The predicted octanol–water partition coefficient (Wildman–Crippen LogP) is 1.85. The number of hydrogen-bond donors (Lipinski definition) is 3. The molecule has 0 unspecified atom stereocenters. The number of hydrogen-bond acceptors (Lipinski definition) is 2. The predicted molar refractivity (Wildman–Crippen MR) is 94.6 cm³/mol. The number of halogens is 1. The number of rotatable bonds is 5. The first kappa shape index (κ1) is 16.9. The molecule has 0 fully saturated rings. The summed E-state index contributed by atoms with van der Waals surface area (Å²) in [7, 11) is 0. The number of quaternary nitrogens is 1. The standard InChI is InChI=1S/C19H18FN3O2/c20-15-7-3-1-5-12(15)9-14(21)11-18(24)22-17-10-13-6-2-4-8-16(13)23-19(17)25/h1-8,10,14H,9,11,21H2,(H,22,24)(H,23,25)/p+1/t14-/m1/s1. The Morgan fingerprint density at radius 3 is 2.68 bits per heavy atom. The zero-order valence-electron chi connectivity index (χ0n) is 13.6. The van der Waals surface area contributed by atoms with Crippen LogP contribution in [-0.2, 0) is 11.2 Å². The summed E-state index contributed by atoms with van der Waals surface area (Å²) in [6, 6.07) is 15.1. The van der Waals surface area contributed by atoms with Crippen molar-refractivity contribution in [1.29, 1.82) is 0 Å². The molecule has 1 aromatic heterocycles. The van der Waals surface area contributed by atoms with Crippen molar-refractivity contribution in [2.75, 3.05) is 5.32 Å². The number of amides is 1. The molecule has 0 spiro atoms. The zero-order chi connectivity index (χ0) is 17.8. The van der Waals surface area contributed by atoms with Gasteiger partial charge in [-0.15, -0.1) is 0 Å². The lowest BCUT2D eigenvalue weighted by molar-refractivity contribution is -0.417. The van der Waals surface area contributed by atoms with Crippen molar-refractivity contribution in [3.63, 3.8) is 0 Å². The van der Waals surface area contributed by atoms with Gasteiger partial charge in [-0.25, -0.2) is 4.39 Å². The van der Waals surface area contributed by atoms with Crippen LogP contribution in [0.15, 0.2) is 59.4 Å². The van der Waals surface area contributed by atoms with Crippen LogP contribution in [0.4, 0.5) is 10.1 Å². The lowest BCUT2D eigenvalue weighted by Gasteiger charge is -2.10. The van der Waals surface area contributed by atoms with Crippen molar-refractivity contribution >= 4 is 22.5 Å². The second-order valence-electron chi connectivity index (χ2n) is 6.01. The minimum absolute atomic E-state index is 0.0978. The Balaban J connectivity index is 1.67. The monoisotopic (exact) mass is 340 g/mol. The van der Waals surface area contributed by atoms with Crippen LogP contribution in [-0.4, -0.2) is 16.9 Å². The molecule has 1 amide bonds. The molecule has 3 rings (SSSR count). The second-order valence-corrected chi connectivity index (χ2v) is 6.01. The molecule has 5 nitrogen and oxygen atoms in total. The highest BCUT2D eigenvalue weighted by molar-refractivity contribution is 5.93. The normalized spacial score (nSPS) is 12.1. The van der Waals surface area contributed by atoms with Gasteiger partial charge in [-0.3, -0.25) is 9.59 Å². The third-order valence-corrected chi connectivity index (χ3v) is 3.97. The molecule has 0 saturated heterocycles. The summed E-state index contributed by atoms with van der Waals surface area (Å²) in [4.78, 5) is 27.0. The Kier molecular flexibility index (Phi) is 4.90. The molecule has 1 atom stereocenters. The number of benzene rings is 2. The van der Waals surface area contributed by atoms with E-state index in [1.165, 1.54) is 6.07 Å². The van der Waals surface area contributed by atoms with Crippen molar-refractivity contribution in [2.45, 2.75) is 18.9 Å². The highest BCUT2D eigenvalue weighted by Gasteiger charge is 2.16. The first-order valence-electron chi connectivity index (χ1n) is 8.01. The van der Waals surface area contributed by atoms with E-state index in [-0.39, 0.29) is 35.4 Å². The van der Waals surface area contributed by atoms with Gasteiger partial charge in [-0.05, 0) is 23.8 Å². The molecule has 0 aliphatic carbocycles. The van der Waals surface area contributed by atoms with Crippen LogP contribution >= 0.6 is 0 Å². The maximum atomic E-state index is 13.7. The lowest BCUT2D eigenvalue weighted by Crippen LogP contribution is -2.63. The van der Waals surface area contributed by atoms with Crippen LogP contribution in [0.25, 0.3) is 10.9 Å². The summed E-state index contributed by atoms with van der Waals surface area (Å²) in [6.07, 6.45) is 0.453. The number of carbonyl (C=O) groups is 1. The molecule has 0 bridgehead atoms. The smallest absolute Gasteiger partial charge is 0.272 e. The fraction of sp³-hybridized carbons (Fsp3) is 0.158. The minimum Gasteiger partial charge on any atom is -0.354 e. The maximum absolute atomic E-state index is 13.7. The number of carbonyl (C=O) groups excluding carboxylic acids is 1. The minimum atomic E-state index is -0.359. The van der Waals surface area contributed by atoms with Crippen molar-refractivity contribution in [3.8, 4) is 0 Å². The van der Waals surface area contributed by atoms with Crippen LogP contribution in [0.2, 0.25) is 0 Å². The molecule has 1 heterocycles. The average Bonchev–Trinajstić information content (AvgIpc) is 2.57. The lowest BCUT2D eigenvalue weighted by atomic mass is 10.0. The first-order chi connectivity index (χ1) is 12.0. The summed E-state index contributed by atoms with van der Waals surface area (Å²) in [5.74, 6) is -0.625. The van der Waals surface area contributed by atoms with E-state index in [1.807, 2.05) is 18.2 Å². The van der Waals surface area contributed by atoms with Gasteiger partial charge in [0.1, 0.15) is 11.5 Å². The summed E-state index contributed by atoms with van der Waals surface area (Å²) in [5, 5.41) is 3.45. The van der Waals surface area contributed by atoms with Gasteiger partial charge in [0.25, 0.3) is 5.56 Å². The number of fused-ring (bicyclic) bond motifs is 1. The summed E-state index contributed by atoms with van der Waals surface area (Å²) in [6.45, 7) is 0. The van der Waals surface area contributed by atoms with Gasteiger partial charge < -0.3 is 16.0 Å². The number of anilines is 1. The van der Waals surface area contributed by atoms with Gasteiger partial charge >= 0.3 is 0 Å². The van der Waals surface area contributed by atoms with Crippen molar-refractivity contribution in [3.05, 3.63) is 76.3 Å². The average molecular weight is 340 g/mol. The van der Waals surface area contributed by atoms with Gasteiger partial charge in [0, 0.05) is 17.3 Å². The number of pyridine rings is 1. The molecule has 6 heteroatoms. The number of aromatic nitrogens is 1. The number of para-hydroxylation sites is 1. The van der Waals surface area contributed by atoms with E-state index in [1.54, 1.807) is 30.3 Å². The van der Waals surface area contributed by atoms with Crippen LogP contribution in [0.3, 0.4) is 0 Å². The fourth-order valence-electron chi connectivity index (χ4n) is 2.75. The summed E-state index contributed by atoms with van der Waals surface area (Å²) >= 11 is 0. The number of nitrogens with one attached hydrogen (secondary N) is 2. The van der Waals surface area contributed by atoms with E-state index >= 15 is 0 Å². The van der Waals surface area contributed by atoms with E-state index in [2.05, 4.69) is 16.0 Å². The van der Waals surface area contributed by atoms with E-state index in [0.717, 1.165) is 5.39 Å². The highest BCUT2D eigenvalue weighted by Crippen LogP contribution is 2.13. The largest absolute Gasteiger partial charge is 0.354 e. The Morgan fingerprint density at radius 1 is 1.16 bits per heavy atom.